The highest BCUT2D eigenvalue weighted by Crippen LogP contribution is 2.42. The smallest absolute Gasteiger partial charge is 0.305 e. The zero-order valence-electron chi connectivity index (χ0n) is 10.4. The second-order valence-corrected chi connectivity index (χ2v) is 5.93. The standard InChI is InChI=1S/C11H13N5O2S/c1-6-12-5-9(19-6)11-13-14-15-16(11)8(4-10(17)18)7-2-3-7/h5,7-8H,2-4H2,1H3,(H,17,18). The Kier molecular flexibility index (Phi) is 3.02. The number of carboxylic acids is 1. The minimum atomic E-state index is -0.821. The van der Waals surface area contributed by atoms with Crippen LogP contribution in [0.1, 0.15) is 30.3 Å². The molecule has 0 radical (unpaired) electrons. The van der Waals surface area contributed by atoms with Crippen LogP contribution >= 0.6 is 11.3 Å². The molecule has 0 aromatic carbocycles. The van der Waals surface area contributed by atoms with Crippen molar-refractivity contribution in [3.63, 3.8) is 0 Å². The van der Waals surface area contributed by atoms with Crippen LogP contribution in [-0.4, -0.2) is 36.3 Å². The molecule has 0 amide bonds. The van der Waals surface area contributed by atoms with E-state index in [4.69, 9.17) is 5.11 Å². The summed E-state index contributed by atoms with van der Waals surface area (Å²) in [4.78, 5) is 16.1. The van der Waals surface area contributed by atoms with E-state index in [9.17, 15) is 4.79 Å². The predicted octanol–water partition coefficient (Wildman–Crippen LogP) is 1.53. The molecule has 2 aromatic rings. The van der Waals surface area contributed by atoms with Gasteiger partial charge in [0, 0.05) is 6.20 Å². The molecule has 19 heavy (non-hydrogen) atoms. The summed E-state index contributed by atoms with van der Waals surface area (Å²) >= 11 is 1.51. The maximum absolute atomic E-state index is 11.0. The van der Waals surface area contributed by atoms with Crippen LogP contribution in [0.15, 0.2) is 6.20 Å². The van der Waals surface area contributed by atoms with Crippen molar-refractivity contribution >= 4 is 17.3 Å². The molecule has 1 atom stereocenters. The average Bonchev–Trinajstić information content (AvgIpc) is 2.92. The average molecular weight is 279 g/mol. The quantitative estimate of drug-likeness (QED) is 0.892. The van der Waals surface area contributed by atoms with E-state index in [-0.39, 0.29) is 12.5 Å². The van der Waals surface area contributed by atoms with Crippen molar-refractivity contribution < 1.29 is 9.90 Å². The fourth-order valence-electron chi connectivity index (χ4n) is 2.16. The fourth-order valence-corrected chi connectivity index (χ4v) is 2.91. The van der Waals surface area contributed by atoms with E-state index in [1.165, 1.54) is 11.3 Å². The van der Waals surface area contributed by atoms with Crippen molar-refractivity contribution in [1.82, 2.24) is 25.2 Å². The van der Waals surface area contributed by atoms with Crippen molar-refractivity contribution in [3.8, 4) is 10.7 Å². The van der Waals surface area contributed by atoms with Crippen molar-refractivity contribution in [1.29, 1.82) is 0 Å². The predicted molar refractivity (Wildman–Crippen MR) is 67.7 cm³/mol. The number of carbonyl (C=O) groups is 1. The minimum Gasteiger partial charge on any atom is -0.481 e. The van der Waals surface area contributed by atoms with Gasteiger partial charge in [0.2, 0.25) is 0 Å². The van der Waals surface area contributed by atoms with Crippen molar-refractivity contribution in [2.45, 2.75) is 32.2 Å². The summed E-state index contributed by atoms with van der Waals surface area (Å²) in [7, 11) is 0. The minimum absolute atomic E-state index is 0.0560. The molecule has 0 spiro atoms. The largest absolute Gasteiger partial charge is 0.481 e. The lowest BCUT2D eigenvalue weighted by Crippen LogP contribution is -2.18. The van der Waals surface area contributed by atoms with E-state index < -0.39 is 5.97 Å². The Bertz CT molecular complexity index is 604. The third kappa shape index (κ3) is 2.48. The number of rotatable bonds is 5. The van der Waals surface area contributed by atoms with Gasteiger partial charge in [0.05, 0.1) is 22.3 Å². The van der Waals surface area contributed by atoms with Crippen LogP contribution in [0, 0.1) is 12.8 Å². The van der Waals surface area contributed by atoms with Crippen LogP contribution in [0.3, 0.4) is 0 Å². The highest BCUT2D eigenvalue weighted by Gasteiger charge is 2.36. The van der Waals surface area contributed by atoms with Crippen molar-refractivity contribution in [2.75, 3.05) is 0 Å². The van der Waals surface area contributed by atoms with E-state index >= 15 is 0 Å². The molecule has 1 aliphatic rings. The molecule has 1 aliphatic carbocycles. The molecule has 0 aliphatic heterocycles. The van der Waals surface area contributed by atoms with Gasteiger partial charge < -0.3 is 5.11 Å². The second-order valence-electron chi connectivity index (χ2n) is 4.69. The number of tetrazole rings is 1. The first-order chi connectivity index (χ1) is 9.15. The summed E-state index contributed by atoms with van der Waals surface area (Å²) < 4.78 is 1.65. The van der Waals surface area contributed by atoms with Crippen LogP contribution in [0.2, 0.25) is 0 Å². The normalized spacial score (nSPS) is 16.5. The second kappa shape index (κ2) is 4.69. The van der Waals surface area contributed by atoms with Gasteiger partial charge in [-0.1, -0.05) is 0 Å². The maximum atomic E-state index is 11.0. The van der Waals surface area contributed by atoms with Gasteiger partial charge in [0.1, 0.15) is 0 Å². The van der Waals surface area contributed by atoms with E-state index in [0.717, 1.165) is 22.7 Å². The molecule has 2 heterocycles. The Labute approximate surface area is 113 Å². The monoisotopic (exact) mass is 279 g/mol. The number of thiazole rings is 1. The summed E-state index contributed by atoms with van der Waals surface area (Å²) in [6, 6.07) is -0.162. The molecule has 1 N–H and O–H groups in total. The molecule has 100 valence electrons. The van der Waals surface area contributed by atoms with Gasteiger partial charge in [-0.25, -0.2) is 9.67 Å². The number of hydrogen-bond donors (Lipinski definition) is 1. The first-order valence-corrected chi connectivity index (χ1v) is 6.89. The lowest BCUT2D eigenvalue weighted by atomic mass is 10.1. The third-order valence-corrected chi connectivity index (χ3v) is 4.11. The van der Waals surface area contributed by atoms with Crippen LogP contribution in [0.25, 0.3) is 10.7 Å². The van der Waals surface area contributed by atoms with E-state index in [1.54, 1.807) is 10.9 Å². The molecule has 0 saturated heterocycles. The molecule has 7 nitrogen and oxygen atoms in total. The summed E-state index contributed by atoms with van der Waals surface area (Å²) in [6.07, 6.45) is 3.87. The Hall–Kier alpha value is -1.83. The molecule has 1 fully saturated rings. The maximum Gasteiger partial charge on any atom is 0.305 e. The highest BCUT2D eigenvalue weighted by molar-refractivity contribution is 7.14. The number of aromatic nitrogens is 5. The number of hydrogen-bond acceptors (Lipinski definition) is 6. The SMILES string of the molecule is Cc1ncc(-c2nnnn2C(CC(=O)O)C2CC2)s1. The third-order valence-electron chi connectivity index (χ3n) is 3.20. The van der Waals surface area contributed by atoms with Gasteiger partial charge in [-0.2, -0.15) is 0 Å². The van der Waals surface area contributed by atoms with Gasteiger partial charge in [-0.3, -0.25) is 4.79 Å². The summed E-state index contributed by atoms with van der Waals surface area (Å²) in [5.74, 6) is 0.162. The molecular formula is C11H13N5O2S. The van der Waals surface area contributed by atoms with Gasteiger partial charge in [-0.05, 0) is 36.1 Å². The lowest BCUT2D eigenvalue weighted by Gasteiger charge is -2.14. The van der Waals surface area contributed by atoms with E-state index in [2.05, 4.69) is 20.5 Å². The van der Waals surface area contributed by atoms with Gasteiger partial charge >= 0.3 is 5.97 Å². The Morgan fingerprint density at radius 3 is 3.00 bits per heavy atom. The van der Waals surface area contributed by atoms with Crippen LogP contribution in [0.4, 0.5) is 0 Å². The molecule has 2 aromatic heterocycles. The van der Waals surface area contributed by atoms with Gasteiger partial charge in [0.25, 0.3) is 0 Å². The van der Waals surface area contributed by atoms with Crippen LogP contribution in [-0.2, 0) is 4.79 Å². The number of carboxylic acid groups (broad SMARTS) is 1. The number of nitrogens with zero attached hydrogens (tertiary/aromatic N) is 5. The summed E-state index contributed by atoms with van der Waals surface area (Å²) in [5, 5.41) is 21.7. The molecule has 1 saturated carbocycles. The zero-order valence-corrected chi connectivity index (χ0v) is 11.2. The molecule has 1 unspecified atom stereocenters. The topological polar surface area (TPSA) is 93.8 Å². The Morgan fingerprint density at radius 2 is 2.42 bits per heavy atom. The van der Waals surface area contributed by atoms with Crippen LogP contribution in [0.5, 0.6) is 0 Å². The fraction of sp³-hybridized carbons (Fsp3) is 0.545. The number of aliphatic carboxylic acids is 1. The van der Waals surface area contributed by atoms with E-state index in [1.807, 2.05) is 6.92 Å². The van der Waals surface area contributed by atoms with Gasteiger partial charge in [0.15, 0.2) is 5.82 Å². The van der Waals surface area contributed by atoms with Crippen molar-refractivity contribution in [2.24, 2.45) is 5.92 Å². The molecule has 0 bridgehead atoms. The van der Waals surface area contributed by atoms with Gasteiger partial charge in [-0.15, -0.1) is 16.4 Å². The molecule has 3 rings (SSSR count). The number of aryl methyl sites for hydroxylation is 1. The first kappa shape index (κ1) is 12.2. The Balaban J connectivity index is 1.95. The zero-order chi connectivity index (χ0) is 13.4. The summed E-state index contributed by atoms with van der Waals surface area (Å²) in [6.45, 7) is 1.91. The lowest BCUT2D eigenvalue weighted by molar-refractivity contribution is -0.138. The summed E-state index contributed by atoms with van der Waals surface area (Å²) in [5.41, 5.74) is 0. The highest BCUT2D eigenvalue weighted by atomic mass is 32.1. The molecule has 8 heteroatoms. The van der Waals surface area contributed by atoms with Crippen LogP contribution < -0.4 is 0 Å². The van der Waals surface area contributed by atoms with Crippen molar-refractivity contribution in [3.05, 3.63) is 11.2 Å². The first-order valence-electron chi connectivity index (χ1n) is 6.07. The Morgan fingerprint density at radius 1 is 1.63 bits per heavy atom. The molecular weight excluding hydrogens is 266 g/mol. The van der Waals surface area contributed by atoms with E-state index in [0.29, 0.717) is 11.7 Å².